The predicted molar refractivity (Wildman–Crippen MR) is 130 cm³/mol. The van der Waals surface area contributed by atoms with Gasteiger partial charge in [-0.3, -0.25) is 4.79 Å². The summed E-state index contributed by atoms with van der Waals surface area (Å²) in [6, 6.07) is 19.9. The van der Waals surface area contributed by atoms with E-state index in [-0.39, 0.29) is 11.7 Å². The molecule has 0 spiro atoms. The number of benzene rings is 2. The Bertz CT molecular complexity index is 1360. The van der Waals surface area contributed by atoms with E-state index in [9.17, 15) is 4.79 Å². The molecule has 4 heterocycles. The van der Waals surface area contributed by atoms with Crippen molar-refractivity contribution in [2.75, 3.05) is 29.9 Å². The van der Waals surface area contributed by atoms with Crippen LogP contribution in [0, 0.1) is 0 Å². The van der Waals surface area contributed by atoms with E-state index in [1.165, 1.54) is 0 Å². The summed E-state index contributed by atoms with van der Waals surface area (Å²) < 4.78 is 18.0. The number of hydrogen-bond acceptors (Lipinski definition) is 6. The van der Waals surface area contributed by atoms with E-state index in [4.69, 9.17) is 13.9 Å². The third-order valence-corrected chi connectivity index (χ3v) is 6.38. The first-order valence-electron chi connectivity index (χ1n) is 11.5. The van der Waals surface area contributed by atoms with E-state index in [1.807, 2.05) is 36.4 Å². The molecular weight excluding hydrogens is 430 g/mol. The Hall–Kier alpha value is -3.97. The second-order valence-electron chi connectivity index (χ2n) is 8.56. The molecule has 2 N–H and O–H groups in total. The van der Waals surface area contributed by atoms with Gasteiger partial charge in [0.05, 0.1) is 19.4 Å². The fourth-order valence-corrected chi connectivity index (χ4v) is 4.68. The molecule has 34 heavy (non-hydrogen) atoms. The Morgan fingerprint density at radius 3 is 2.91 bits per heavy atom. The van der Waals surface area contributed by atoms with Crippen LogP contribution in [0.3, 0.4) is 0 Å². The second kappa shape index (κ2) is 8.76. The number of morpholine rings is 1. The van der Waals surface area contributed by atoms with Crippen molar-refractivity contribution >= 4 is 11.4 Å². The highest BCUT2D eigenvalue weighted by atomic mass is 16.5. The summed E-state index contributed by atoms with van der Waals surface area (Å²) in [5, 5.41) is 3.41. The molecule has 0 bridgehead atoms. The molecule has 0 aliphatic carbocycles. The van der Waals surface area contributed by atoms with Crippen LogP contribution in [0.5, 0.6) is 11.5 Å². The molecule has 0 amide bonds. The molecule has 1 unspecified atom stereocenters. The molecule has 4 aromatic rings. The molecule has 2 aromatic heterocycles. The average molecular weight is 456 g/mol. The third-order valence-electron chi connectivity index (χ3n) is 6.38. The van der Waals surface area contributed by atoms with Gasteiger partial charge in [0.1, 0.15) is 29.1 Å². The lowest BCUT2D eigenvalue weighted by molar-refractivity contribution is 0.0383. The number of H-pyrrole nitrogens is 1. The largest absolute Gasteiger partial charge is 0.467 e. The van der Waals surface area contributed by atoms with E-state index < -0.39 is 0 Å². The molecule has 0 saturated carbocycles. The Labute approximate surface area is 196 Å². The van der Waals surface area contributed by atoms with Crippen LogP contribution in [0.2, 0.25) is 0 Å². The fourth-order valence-electron chi connectivity index (χ4n) is 4.68. The van der Waals surface area contributed by atoms with Gasteiger partial charge >= 0.3 is 0 Å². The normalized spacial score (nSPS) is 16.9. The number of rotatable bonds is 5. The van der Waals surface area contributed by atoms with Crippen LogP contribution in [0.25, 0.3) is 0 Å². The lowest BCUT2D eigenvalue weighted by atomic mass is 9.95. The summed E-state index contributed by atoms with van der Waals surface area (Å²) in [5.74, 6) is 2.61. The Morgan fingerprint density at radius 1 is 1.06 bits per heavy atom. The maximum Gasteiger partial charge on any atom is 0.271 e. The topological polar surface area (TPSA) is 79.7 Å². The van der Waals surface area contributed by atoms with Crippen molar-refractivity contribution in [3.05, 3.63) is 106 Å². The van der Waals surface area contributed by atoms with Crippen LogP contribution < -0.4 is 20.5 Å². The summed E-state index contributed by atoms with van der Waals surface area (Å²) >= 11 is 0. The molecule has 1 saturated heterocycles. The van der Waals surface area contributed by atoms with E-state index in [1.54, 1.807) is 12.5 Å². The van der Waals surface area contributed by atoms with Gasteiger partial charge in [-0.25, -0.2) is 0 Å². The number of aromatic nitrogens is 1. The predicted octanol–water partition coefficient (Wildman–Crippen LogP) is 4.85. The Morgan fingerprint density at radius 2 is 2.03 bits per heavy atom. The van der Waals surface area contributed by atoms with Crippen molar-refractivity contribution in [2.45, 2.75) is 19.1 Å². The van der Waals surface area contributed by atoms with Gasteiger partial charge in [-0.1, -0.05) is 18.2 Å². The maximum atomic E-state index is 12.3. The standard InChI is InChI=1S/C27H25N3O4/c31-27-23(7-2-10-28-27)30-11-13-33-25(17-30)22-6-1-4-18-14-19-15-20(8-9-24(19)34-26(18)22)29-16-21-5-3-12-32-21/h1-10,12,15,25,29H,11,13-14,16-17H2,(H,28,31). The van der Waals surface area contributed by atoms with E-state index >= 15 is 0 Å². The fraction of sp³-hybridized carbons (Fsp3) is 0.222. The number of ether oxygens (including phenoxy) is 2. The van der Waals surface area contributed by atoms with Gasteiger partial charge in [-0.05, 0) is 48.0 Å². The highest BCUT2D eigenvalue weighted by Crippen LogP contribution is 2.43. The lowest BCUT2D eigenvalue weighted by Crippen LogP contribution is -2.41. The smallest absolute Gasteiger partial charge is 0.271 e. The molecule has 1 fully saturated rings. The number of fused-ring (bicyclic) bond motifs is 2. The zero-order valence-electron chi connectivity index (χ0n) is 18.6. The van der Waals surface area contributed by atoms with Crippen LogP contribution in [-0.4, -0.2) is 24.7 Å². The summed E-state index contributed by atoms with van der Waals surface area (Å²) in [7, 11) is 0. The van der Waals surface area contributed by atoms with Crippen LogP contribution in [-0.2, 0) is 17.7 Å². The van der Waals surface area contributed by atoms with Gasteiger partial charge < -0.3 is 29.1 Å². The van der Waals surface area contributed by atoms with Crippen molar-refractivity contribution in [1.29, 1.82) is 0 Å². The summed E-state index contributed by atoms with van der Waals surface area (Å²) in [4.78, 5) is 17.1. The monoisotopic (exact) mass is 455 g/mol. The maximum absolute atomic E-state index is 12.3. The molecule has 2 aromatic carbocycles. The van der Waals surface area contributed by atoms with Crippen molar-refractivity contribution in [1.82, 2.24) is 4.98 Å². The van der Waals surface area contributed by atoms with Gasteiger partial charge in [-0.15, -0.1) is 0 Å². The van der Waals surface area contributed by atoms with E-state index in [0.29, 0.717) is 31.9 Å². The minimum Gasteiger partial charge on any atom is -0.467 e. The molecule has 2 aliphatic heterocycles. The van der Waals surface area contributed by atoms with E-state index in [0.717, 1.165) is 46.1 Å². The number of nitrogens with one attached hydrogen (secondary N) is 2. The molecule has 0 radical (unpaired) electrons. The highest BCUT2D eigenvalue weighted by Gasteiger charge is 2.29. The lowest BCUT2D eigenvalue weighted by Gasteiger charge is -2.35. The molecule has 172 valence electrons. The van der Waals surface area contributed by atoms with Crippen LogP contribution in [0.15, 0.2) is 82.3 Å². The average Bonchev–Trinajstić information content (AvgIpc) is 3.40. The zero-order valence-corrected chi connectivity index (χ0v) is 18.6. The molecule has 7 heteroatoms. The first-order valence-corrected chi connectivity index (χ1v) is 11.5. The SMILES string of the molecule is O=c1[nH]cccc1N1CCOC(c2cccc3c2Oc2ccc(NCc4ccco4)cc2C3)C1. The number of anilines is 2. The minimum atomic E-state index is -0.181. The van der Waals surface area contributed by atoms with Gasteiger partial charge in [-0.2, -0.15) is 0 Å². The van der Waals surface area contributed by atoms with Crippen molar-refractivity contribution in [2.24, 2.45) is 0 Å². The number of para-hydroxylation sites is 1. The Balaban J connectivity index is 1.23. The van der Waals surface area contributed by atoms with Crippen LogP contribution >= 0.6 is 0 Å². The van der Waals surface area contributed by atoms with Gasteiger partial charge in [0.25, 0.3) is 5.56 Å². The minimum absolute atomic E-state index is 0.0834. The second-order valence-corrected chi connectivity index (χ2v) is 8.56. The molecule has 2 aliphatic rings. The molecule has 1 atom stereocenters. The number of aromatic amines is 1. The summed E-state index contributed by atoms with van der Waals surface area (Å²) in [6.07, 6.45) is 3.93. The van der Waals surface area contributed by atoms with Crippen molar-refractivity contribution in [3.63, 3.8) is 0 Å². The van der Waals surface area contributed by atoms with Crippen LogP contribution in [0.1, 0.15) is 28.6 Å². The van der Waals surface area contributed by atoms with Gasteiger partial charge in [0.2, 0.25) is 0 Å². The quantitative estimate of drug-likeness (QED) is 0.394. The number of furan rings is 1. The number of nitrogens with zero attached hydrogens (tertiary/aromatic N) is 1. The molecular formula is C27H25N3O4. The Kier molecular flexibility index (Phi) is 5.31. The van der Waals surface area contributed by atoms with Gasteiger partial charge in [0, 0.05) is 42.5 Å². The molecule has 6 rings (SSSR count). The van der Waals surface area contributed by atoms with Gasteiger partial charge in [0.15, 0.2) is 0 Å². The zero-order chi connectivity index (χ0) is 22.9. The van der Waals surface area contributed by atoms with Crippen molar-refractivity contribution < 1.29 is 13.9 Å². The van der Waals surface area contributed by atoms with E-state index in [2.05, 4.69) is 39.5 Å². The third kappa shape index (κ3) is 3.95. The van der Waals surface area contributed by atoms with Crippen molar-refractivity contribution in [3.8, 4) is 11.5 Å². The summed E-state index contributed by atoms with van der Waals surface area (Å²) in [5.41, 5.74) is 4.89. The first kappa shape index (κ1) is 20.6. The van der Waals surface area contributed by atoms with Crippen LogP contribution in [0.4, 0.5) is 11.4 Å². The number of hydrogen-bond donors (Lipinski definition) is 2. The summed E-state index contributed by atoms with van der Waals surface area (Å²) in [6.45, 7) is 2.45. The molecule has 7 nitrogen and oxygen atoms in total. The number of pyridine rings is 1. The first-order chi connectivity index (χ1) is 16.7. The highest BCUT2D eigenvalue weighted by molar-refractivity contribution is 5.59.